The molecule has 0 unspecified atom stereocenters. The molecule has 1 amide bonds. The zero-order chi connectivity index (χ0) is 15.5. The summed E-state index contributed by atoms with van der Waals surface area (Å²) in [5, 5.41) is 6.42. The average Bonchev–Trinajstić information content (AvgIpc) is 2.49. The summed E-state index contributed by atoms with van der Waals surface area (Å²) in [6, 6.07) is 8.14. The van der Waals surface area contributed by atoms with Gasteiger partial charge in [-0.1, -0.05) is 45.7 Å². The molecule has 0 saturated heterocycles. The van der Waals surface area contributed by atoms with Crippen LogP contribution in [0.3, 0.4) is 0 Å². The number of carbonyl (C=O) groups is 1. The van der Waals surface area contributed by atoms with Gasteiger partial charge in [0.25, 0.3) is 0 Å². The van der Waals surface area contributed by atoms with E-state index in [2.05, 4.69) is 43.5 Å². The van der Waals surface area contributed by atoms with Crippen molar-refractivity contribution in [3.05, 3.63) is 29.8 Å². The molecule has 0 aliphatic carbocycles. The van der Waals surface area contributed by atoms with Gasteiger partial charge in [0.2, 0.25) is 5.91 Å². The van der Waals surface area contributed by atoms with Crippen LogP contribution >= 0.6 is 0 Å². The standard InChI is InChI=1S/C18H30N2O/c1-4-7-16(8-5-2)18(21)20-17-11-9-15(10-12-17)14-19-13-6-3/h9-12,16,19H,4-8,13-14H2,1-3H3,(H,20,21). The van der Waals surface area contributed by atoms with Crippen molar-refractivity contribution >= 4 is 11.6 Å². The second kappa shape index (κ2) is 10.4. The molecule has 0 bridgehead atoms. The topological polar surface area (TPSA) is 41.1 Å². The lowest BCUT2D eigenvalue weighted by Gasteiger charge is -2.15. The number of carbonyl (C=O) groups excluding carboxylic acids is 1. The highest BCUT2D eigenvalue weighted by atomic mass is 16.1. The van der Waals surface area contributed by atoms with Gasteiger partial charge in [0, 0.05) is 18.2 Å². The summed E-state index contributed by atoms with van der Waals surface area (Å²) in [6.45, 7) is 8.35. The van der Waals surface area contributed by atoms with Crippen molar-refractivity contribution in [2.45, 2.75) is 59.4 Å². The highest BCUT2D eigenvalue weighted by Crippen LogP contribution is 2.17. The highest BCUT2D eigenvalue weighted by molar-refractivity contribution is 5.92. The maximum atomic E-state index is 12.3. The van der Waals surface area contributed by atoms with Crippen molar-refractivity contribution < 1.29 is 4.79 Å². The summed E-state index contributed by atoms with van der Waals surface area (Å²) in [6.07, 6.45) is 5.20. The molecule has 1 aromatic carbocycles. The van der Waals surface area contributed by atoms with E-state index in [0.717, 1.165) is 50.9 Å². The molecule has 0 radical (unpaired) electrons. The number of rotatable bonds is 10. The lowest BCUT2D eigenvalue weighted by molar-refractivity contribution is -0.120. The van der Waals surface area contributed by atoms with Gasteiger partial charge in [0.15, 0.2) is 0 Å². The van der Waals surface area contributed by atoms with Crippen molar-refractivity contribution in [3.63, 3.8) is 0 Å². The molecule has 21 heavy (non-hydrogen) atoms. The van der Waals surface area contributed by atoms with Crippen molar-refractivity contribution in [2.75, 3.05) is 11.9 Å². The Bertz CT molecular complexity index is 394. The van der Waals surface area contributed by atoms with Gasteiger partial charge in [-0.15, -0.1) is 0 Å². The van der Waals surface area contributed by atoms with E-state index in [1.54, 1.807) is 0 Å². The fraction of sp³-hybridized carbons (Fsp3) is 0.611. The van der Waals surface area contributed by atoms with Crippen LogP contribution in [0.1, 0.15) is 58.4 Å². The van der Waals surface area contributed by atoms with E-state index in [0.29, 0.717) is 0 Å². The number of hydrogen-bond acceptors (Lipinski definition) is 2. The summed E-state index contributed by atoms with van der Waals surface area (Å²) >= 11 is 0. The lowest BCUT2D eigenvalue weighted by Crippen LogP contribution is -2.22. The van der Waals surface area contributed by atoms with E-state index >= 15 is 0 Å². The SMILES string of the molecule is CCCNCc1ccc(NC(=O)C(CCC)CCC)cc1. The molecule has 0 saturated carbocycles. The third kappa shape index (κ3) is 6.76. The molecular formula is C18H30N2O. The van der Waals surface area contributed by atoms with Gasteiger partial charge in [-0.2, -0.15) is 0 Å². The fourth-order valence-corrected chi connectivity index (χ4v) is 2.46. The van der Waals surface area contributed by atoms with Gasteiger partial charge in [-0.05, 0) is 43.5 Å². The monoisotopic (exact) mass is 290 g/mol. The normalized spacial score (nSPS) is 10.9. The average molecular weight is 290 g/mol. The van der Waals surface area contributed by atoms with Crippen LogP contribution in [0.4, 0.5) is 5.69 Å². The smallest absolute Gasteiger partial charge is 0.227 e. The van der Waals surface area contributed by atoms with Gasteiger partial charge in [-0.25, -0.2) is 0 Å². The second-order valence-electron chi connectivity index (χ2n) is 5.64. The van der Waals surface area contributed by atoms with Gasteiger partial charge in [0.1, 0.15) is 0 Å². The Kier molecular flexibility index (Phi) is 8.76. The van der Waals surface area contributed by atoms with E-state index in [1.165, 1.54) is 5.56 Å². The lowest BCUT2D eigenvalue weighted by atomic mass is 9.97. The molecule has 0 aliphatic heterocycles. The van der Waals surface area contributed by atoms with Gasteiger partial charge >= 0.3 is 0 Å². The van der Waals surface area contributed by atoms with Crippen molar-refractivity contribution in [3.8, 4) is 0 Å². The molecule has 3 heteroatoms. The quantitative estimate of drug-likeness (QED) is 0.629. The summed E-state index contributed by atoms with van der Waals surface area (Å²) in [7, 11) is 0. The molecule has 0 atom stereocenters. The third-order valence-corrected chi connectivity index (χ3v) is 3.62. The maximum Gasteiger partial charge on any atom is 0.227 e. The zero-order valence-corrected chi connectivity index (χ0v) is 13.7. The number of benzene rings is 1. The first-order chi connectivity index (χ1) is 10.2. The second-order valence-corrected chi connectivity index (χ2v) is 5.64. The summed E-state index contributed by atoms with van der Waals surface area (Å²) < 4.78 is 0. The fourth-order valence-electron chi connectivity index (χ4n) is 2.46. The van der Waals surface area contributed by atoms with E-state index in [-0.39, 0.29) is 11.8 Å². The van der Waals surface area contributed by atoms with Gasteiger partial charge in [-0.3, -0.25) is 4.79 Å². The Hall–Kier alpha value is -1.35. The number of nitrogens with one attached hydrogen (secondary N) is 2. The highest BCUT2D eigenvalue weighted by Gasteiger charge is 2.16. The first-order valence-electron chi connectivity index (χ1n) is 8.31. The number of hydrogen-bond donors (Lipinski definition) is 2. The molecule has 118 valence electrons. The van der Waals surface area contributed by atoms with Gasteiger partial charge < -0.3 is 10.6 Å². The van der Waals surface area contributed by atoms with E-state index < -0.39 is 0 Å². The molecule has 0 fully saturated rings. The Labute approximate surface area is 129 Å². The summed E-state index contributed by atoms with van der Waals surface area (Å²) in [4.78, 5) is 12.3. The van der Waals surface area contributed by atoms with E-state index in [4.69, 9.17) is 0 Å². The van der Waals surface area contributed by atoms with Crippen LogP contribution in [-0.4, -0.2) is 12.5 Å². The first-order valence-corrected chi connectivity index (χ1v) is 8.31. The van der Waals surface area contributed by atoms with E-state index in [9.17, 15) is 4.79 Å². The molecule has 2 N–H and O–H groups in total. The van der Waals surface area contributed by atoms with Crippen molar-refractivity contribution in [1.29, 1.82) is 0 Å². The molecule has 0 aromatic heterocycles. The van der Waals surface area contributed by atoms with Crippen LogP contribution in [0, 0.1) is 5.92 Å². The predicted molar refractivity (Wildman–Crippen MR) is 90.4 cm³/mol. The summed E-state index contributed by atoms with van der Waals surface area (Å²) in [5.41, 5.74) is 2.15. The minimum absolute atomic E-state index is 0.144. The maximum absolute atomic E-state index is 12.3. The van der Waals surface area contributed by atoms with Crippen LogP contribution in [-0.2, 0) is 11.3 Å². The predicted octanol–water partition coefficient (Wildman–Crippen LogP) is 4.34. The Morgan fingerprint density at radius 3 is 2.14 bits per heavy atom. The Morgan fingerprint density at radius 2 is 1.62 bits per heavy atom. The molecule has 0 heterocycles. The largest absolute Gasteiger partial charge is 0.326 e. The van der Waals surface area contributed by atoms with Crippen LogP contribution in [0.15, 0.2) is 24.3 Å². The van der Waals surface area contributed by atoms with Crippen LogP contribution in [0.2, 0.25) is 0 Å². The Morgan fingerprint density at radius 1 is 1.00 bits per heavy atom. The zero-order valence-electron chi connectivity index (χ0n) is 13.7. The molecule has 1 rings (SSSR count). The van der Waals surface area contributed by atoms with E-state index in [1.807, 2.05) is 12.1 Å². The molecule has 1 aromatic rings. The molecule has 0 aliphatic rings. The molecule has 3 nitrogen and oxygen atoms in total. The van der Waals surface area contributed by atoms with Crippen LogP contribution in [0.5, 0.6) is 0 Å². The molecular weight excluding hydrogens is 260 g/mol. The number of amides is 1. The number of anilines is 1. The Balaban J connectivity index is 2.51. The minimum Gasteiger partial charge on any atom is -0.326 e. The van der Waals surface area contributed by atoms with Crippen molar-refractivity contribution in [2.24, 2.45) is 5.92 Å². The first kappa shape index (κ1) is 17.7. The minimum atomic E-state index is 0.144. The van der Waals surface area contributed by atoms with Crippen LogP contribution in [0.25, 0.3) is 0 Å². The van der Waals surface area contributed by atoms with Gasteiger partial charge in [0.05, 0.1) is 0 Å². The molecule has 0 spiro atoms. The van der Waals surface area contributed by atoms with Crippen molar-refractivity contribution in [1.82, 2.24) is 5.32 Å². The summed E-state index contributed by atoms with van der Waals surface area (Å²) in [5.74, 6) is 0.307. The van der Waals surface area contributed by atoms with Crippen LogP contribution < -0.4 is 10.6 Å². The third-order valence-electron chi connectivity index (χ3n) is 3.62.